The van der Waals surface area contributed by atoms with Gasteiger partial charge >= 0.3 is 0 Å². The van der Waals surface area contributed by atoms with E-state index in [0.29, 0.717) is 0 Å². The van der Waals surface area contributed by atoms with Crippen molar-refractivity contribution in [3.8, 4) is 11.4 Å². The molecule has 4 heteroatoms. The number of likely N-dealkylation sites (tertiary alicyclic amines) is 1. The van der Waals surface area contributed by atoms with Crippen molar-refractivity contribution in [1.82, 2.24) is 19.9 Å². The minimum absolute atomic E-state index is 0.842. The molecule has 1 aliphatic heterocycles. The first-order valence-corrected chi connectivity index (χ1v) is 7.36. The summed E-state index contributed by atoms with van der Waals surface area (Å²) in [5.74, 6) is 0. The van der Waals surface area contributed by atoms with Crippen LogP contribution in [0.1, 0.15) is 25.0 Å². The monoisotopic (exact) mass is 268 g/mol. The van der Waals surface area contributed by atoms with Crippen LogP contribution in [0.2, 0.25) is 0 Å². The molecule has 3 heterocycles. The van der Waals surface area contributed by atoms with E-state index in [4.69, 9.17) is 0 Å². The summed E-state index contributed by atoms with van der Waals surface area (Å²) in [6.07, 6.45) is 10.4. The molecule has 1 aliphatic rings. The molecule has 0 spiro atoms. The van der Waals surface area contributed by atoms with Crippen LogP contribution in [0.4, 0.5) is 0 Å². The Labute approximate surface area is 119 Å². The van der Waals surface area contributed by atoms with Crippen LogP contribution in [0.3, 0.4) is 0 Å². The van der Waals surface area contributed by atoms with Crippen molar-refractivity contribution >= 4 is 0 Å². The molecule has 1 fully saturated rings. The Balaban J connectivity index is 1.53. The molecule has 0 bridgehead atoms. The second kappa shape index (κ2) is 6.57. The molecule has 4 nitrogen and oxygen atoms in total. The van der Waals surface area contributed by atoms with Crippen LogP contribution >= 0.6 is 0 Å². The average molecular weight is 268 g/mol. The van der Waals surface area contributed by atoms with Crippen molar-refractivity contribution in [1.29, 1.82) is 0 Å². The Hall–Kier alpha value is -1.81. The first-order valence-electron chi connectivity index (χ1n) is 7.36. The minimum Gasteiger partial charge on any atom is -0.303 e. The van der Waals surface area contributed by atoms with Gasteiger partial charge in [-0.2, -0.15) is 0 Å². The summed E-state index contributed by atoms with van der Waals surface area (Å²) < 4.78 is 0. The van der Waals surface area contributed by atoms with Crippen LogP contribution in [0, 0.1) is 0 Å². The molecule has 0 atom stereocenters. The van der Waals surface area contributed by atoms with Gasteiger partial charge < -0.3 is 4.90 Å². The highest BCUT2D eigenvalue weighted by Gasteiger charge is 2.10. The van der Waals surface area contributed by atoms with Gasteiger partial charge in [-0.15, -0.1) is 0 Å². The summed E-state index contributed by atoms with van der Waals surface area (Å²) in [5.41, 5.74) is 2.79. The maximum Gasteiger partial charge on any atom is 0.107 e. The predicted octanol–water partition coefficient (Wildman–Crippen LogP) is 2.57. The number of aromatic nitrogens is 3. The van der Waals surface area contributed by atoms with E-state index in [0.717, 1.165) is 29.9 Å². The van der Waals surface area contributed by atoms with E-state index in [2.05, 4.69) is 19.9 Å². The zero-order valence-corrected chi connectivity index (χ0v) is 11.7. The van der Waals surface area contributed by atoms with Crippen molar-refractivity contribution < 1.29 is 0 Å². The van der Waals surface area contributed by atoms with E-state index < -0.39 is 0 Å². The molecule has 0 aromatic carbocycles. The fraction of sp³-hybridized carbons (Fsp3) is 0.438. The molecule has 0 N–H and O–H groups in total. The first kappa shape index (κ1) is 13.2. The van der Waals surface area contributed by atoms with E-state index in [9.17, 15) is 0 Å². The number of nitrogens with zero attached hydrogens (tertiary/aromatic N) is 4. The highest BCUT2D eigenvalue weighted by Crippen LogP contribution is 2.13. The molecular formula is C16H20N4. The van der Waals surface area contributed by atoms with Gasteiger partial charge in [-0.3, -0.25) is 15.0 Å². The molecule has 2 aromatic rings. The second-order valence-electron chi connectivity index (χ2n) is 5.26. The fourth-order valence-corrected chi connectivity index (χ4v) is 2.62. The van der Waals surface area contributed by atoms with Crippen LogP contribution in [0.5, 0.6) is 0 Å². The number of hydrogen-bond acceptors (Lipinski definition) is 4. The molecule has 0 unspecified atom stereocenters. The van der Waals surface area contributed by atoms with Crippen LogP contribution in [0.25, 0.3) is 11.4 Å². The molecular weight excluding hydrogens is 248 g/mol. The summed E-state index contributed by atoms with van der Waals surface area (Å²) in [4.78, 5) is 15.8. The lowest BCUT2D eigenvalue weighted by atomic mass is 10.2. The van der Waals surface area contributed by atoms with Gasteiger partial charge in [0.05, 0.1) is 17.6 Å². The standard InChI is InChI=1S/C16H20N4/c1-2-8-17-15(7-1)16-13-18-14(12-19-16)6-5-11-20-9-3-4-10-20/h1-2,7-8,12-13H,3-6,9-11H2. The molecule has 20 heavy (non-hydrogen) atoms. The van der Waals surface area contributed by atoms with Gasteiger partial charge in [0.2, 0.25) is 0 Å². The van der Waals surface area contributed by atoms with Gasteiger partial charge in [0.15, 0.2) is 0 Å². The Kier molecular flexibility index (Phi) is 4.33. The summed E-state index contributed by atoms with van der Waals surface area (Å²) in [6.45, 7) is 3.72. The Morgan fingerprint density at radius 2 is 1.85 bits per heavy atom. The van der Waals surface area contributed by atoms with E-state index in [1.54, 1.807) is 6.20 Å². The van der Waals surface area contributed by atoms with E-state index in [1.807, 2.05) is 30.6 Å². The molecule has 0 amide bonds. The summed E-state index contributed by atoms with van der Waals surface area (Å²) in [5, 5.41) is 0. The lowest BCUT2D eigenvalue weighted by Gasteiger charge is -2.13. The van der Waals surface area contributed by atoms with E-state index >= 15 is 0 Å². The van der Waals surface area contributed by atoms with Gasteiger partial charge in [-0.05, 0) is 57.5 Å². The summed E-state index contributed by atoms with van der Waals surface area (Å²) in [7, 11) is 0. The first-order chi connectivity index (χ1) is 9.92. The SMILES string of the molecule is c1ccc(-c2cnc(CCCN3CCCC3)cn2)nc1. The van der Waals surface area contributed by atoms with Crippen molar-refractivity contribution in [3.05, 3.63) is 42.5 Å². The van der Waals surface area contributed by atoms with Gasteiger partial charge in [-0.25, -0.2) is 0 Å². The normalized spacial score (nSPS) is 15.6. The van der Waals surface area contributed by atoms with E-state index in [1.165, 1.54) is 32.5 Å². The smallest absolute Gasteiger partial charge is 0.107 e. The molecule has 1 saturated heterocycles. The Morgan fingerprint density at radius 1 is 0.950 bits per heavy atom. The predicted molar refractivity (Wildman–Crippen MR) is 79.3 cm³/mol. The van der Waals surface area contributed by atoms with Crippen molar-refractivity contribution in [2.75, 3.05) is 19.6 Å². The van der Waals surface area contributed by atoms with Gasteiger partial charge in [-0.1, -0.05) is 6.07 Å². The zero-order chi connectivity index (χ0) is 13.6. The van der Waals surface area contributed by atoms with Gasteiger partial charge in [0.1, 0.15) is 5.69 Å². The number of pyridine rings is 1. The third kappa shape index (κ3) is 3.39. The molecule has 3 rings (SSSR count). The Morgan fingerprint density at radius 3 is 2.55 bits per heavy atom. The Bertz CT molecular complexity index is 518. The third-order valence-electron chi connectivity index (χ3n) is 3.74. The van der Waals surface area contributed by atoms with Crippen LogP contribution in [0.15, 0.2) is 36.8 Å². The fourth-order valence-electron chi connectivity index (χ4n) is 2.62. The largest absolute Gasteiger partial charge is 0.303 e. The highest BCUT2D eigenvalue weighted by atomic mass is 15.1. The number of hydrogen-bond donors (Lipinski definition) is 0. The lowest BCUT2D eigenvalue weighted by molar-refractivity contribution is 0.333. The van der Waals surface area contributed by atoms with Crippen LogP contribution in [-0.4, -0.2) is 39.5 Å². The minimum atomic E-state index is 0.842. The molecule has 104 valence electrons. The van der Waals surface area contributed by atoms with Crippen molar-refractivity contribution in [2.24, 2.45) is 0 Å². The lowest BCUT2D eigenvalue weighted by Crippen LogP contribution is -2.20. The molecule has 2 aromatic heterocycles. The average Bonchev–Trinajstić information content (AvgIpc) is 3.02. The van der Waals surface area contributed by atoms with Gasteiger partial charge in [0, 0.05) is 12.4 Å². The quantitative estimate of drug-likeness (QED) is 0.836. The van der Waals surface area contributed by atoms with Crippen molar-refractivity contribution in [3.63, 3.8) is 0 Å². The van der Waals surface area contributed by atoms with Crippen molar-refractivity contribution in [2.45, 2.75) is 25.7 Å². The zero-order valence-electron chi connectivity index (χ0n) is 11.7. The van der Waals surface area contributed by atoms with Crippen LogP contribution < -0.4 is 0 Å². The summed E-state index contributed by atoms with van der Waals surface area (Å²) in [6, 6.07) is 5.83. The number of rotatable bonds is 5. The van der Waals surface area contributed by atoms with Crippen LogP contribution in [-0.2, 0) is 6.42 Å². The third-order valence-corrected chi connectivity index (χ3v) is 3.74. The van der Waals surface area contributed by atoms with Gasteiger partial charge in [0.25, 0.3) is 0 Å². The highest BCUT2D eigenvalue weighted by molar-refractivity contribution is 5.51. The summed E-state index contributed by atoms with van der Waals surface area (Å²) >= 11 is 0. The second-order valence-corrected chi connectivity index (χ2v) is 5.26. The van der Waals surface area contributed by atoms with E-state index in [-0.39, 0.29) is 0 Å². The number of aryl methyl sites for hydroxylation is 1. The molecule has 0 saturated carbocycles. The maximum atomic E-state index is 4.50. The molecule has 0 radical (unpaired) electrons. The molecule has 0 aliphatic carbocycles. The topological polar surface area (TPSA) is 41.9 Å². The maximum absolute atomic E-state index is 4.50.